The largest absolute Gasteiger partial charge is 0.348 e. The van der Waals surface area contributed by atoms with Crippen molar-refractivity contribution in [2.45, 2.75) is 44.6 Å². The highest BCUT2D eigenvalue weighted by molar-refractivity contribution is 5.99. The number of halogens is 1. The summed E-state index contributed by atoms with van der Waals surface area (Å²) in [5.41, 5.74) is 5.28. The summed E-state index contributed by atoms with van der Waals surface area (Å²) in [6.45, 7) is 0.623. The maximum absolute atomic E-state index is 13.3. The third-order valence-electron chi connectivity index (χ3n) is 5.16. The first-order valence-corrected chi connectivity index (χ1v) is 8.43. The number of carbonyl (C=O) groups is 1. The summed E-state index contributed by atoms with van der Waals surface area (Å²) < 4.78 is 13.3. The lowest BCUT2D eigenvalue weighted by Crippen LogP contribution is -2.12. The SMILES string of the molecule is O=C1NCc2cc(C3CCCCC3)c(-c3ccc(F)cc3)cc21. The number of rotatable bonds is 2. The van der Waals surface area contributed by atoms with Gasteiger partial charge in [-0.3, -0.25) is 4.79 Å². The predicted molar refractivity (Wildman–Crippen MR) is 88.8 cm³/mol. The van der Waals surface area contributed by atoms with Crippen LogP contribution in [0.15, 0.2) is 36.4 Å². The lowest BCUT2D eigenvalue weighted by molar-refractivity contribution is 0.0966. The first kappa shape index (κ1) is 14.4. The number of amides is 1. The molecular weight excluding hydrogens is 289 g/mol. The smallest absolute Gasteiger partial charge is 0.251 e. The molecule has 2 aromatic rings. The zero-order valence-corrected chi connectivity index (χ0v) is 13.1. The highest BCUT2D eigenvalue weighted by Gasteiger charge is 2.25. The lowest BCUT2D eigenvalue weighted by atomic mass is 9.79. The van der Waals surface area contributed by atoms with Crippen LogP contribution in [0.5, 0.6) is 0 Å². The Morgan fingerprint density at radius 3 is 2.43 bits per heavy atom. The van der Waals surface area contributed by atoms with Gasteiger partial charge in [-0.1, -0.05) is 37.5 Å². The van der Waals surface area contributed by atoms with Crippen molar-refractivity contribution in [2.24, 2.45) is 0 Å². The number of nitrogens with one attached hydrogen (secondary N) is 1. The van der Waals surface area contributed by atoms with Crippen LogP contribution in [0.4, 0.5) is 4.39 Å². The van der Waals surface area contributed by atoms with Gasteiger partial charge in [0.05, 0.1) is 0 Å². The van der Waals surface area contributed by atoms with E-state index >= 15 is 0 Å². The Balaban J connectivity index is 1.85. The number of carbonyl (C=O) groups excluding carboxylic acids is 1. The summed E-state index contributed by atoms with van der Waals surface area (Å²) in [5, 5.41) is 2.90. The van der Waals surface area contributed by atoms with Gasteiger partial charge in [-0.2, -0.15) is 0 Å². The molecule has 0 saturated heterocycles. The van der Waals surface area contributed by atoms with Crippen molar-refractivity contribution >= 4 is 5.91 Å². The van der Waals surface area contributed by atoms with Crippen molar-refractivity contribution in [3.63, 3.8) is 0 Å². The van der Waals surface area contributed by atoms with Crippen LogP contribution in [-0.2, 0) is 6.54 Å². The van der Waals surface area contributed by atoms with E-state index in [1.165, 1.54) is 49.8 Å². The number of benzene rings is 2. The van der Waals surface area contributed by atoms with E-state index in [9.17, 15) is 9.18 Å². The van der Waals surface area contributed by atoms with E-state index in [1.54, 1.807) is 0 Å². The number of hydrogen-bond acceptors (Lipinski definition) is 1. The van der Waals surface area contributed by atoms with Crippen molar-refractivity contribution in [3.8, 4) is 11.1 Å². The van der Waals surface area contributed by atoms with E-state index in [0.29, 0.717) is 12.5 Å². The second kappa shape index (κ2) is 5.80. The fourth-order valence-corrected chi connectivity index (χ4v) is 3.92. The zero-order chi connectivity index (χ0) is 15.8. The van der Waals surface area contributed by atoms with Crippen LogP contribution in [0, 0.1) is 5.82 Å². The van der Waals surface area contributed by atoms with Gasteiger partial charge in [0.15, 0.2) is 0 Å². The van der Waals surface area contributed by atoms with Gasteiger partial charge in [0.2, 0.25) is 0 Å². The first-order valence-electron chi connectivity index (χ1n) is 8.43. The van der Waals surface area contributed by atoms with E-state index in [1.807, 2.05) is 18.2 Å². The minimum absolute atomic E-state index is 0.00134. The molecule has 0 bridgehead atoms. The van der Waals surface area contributed by atoms with E-state index in [-0.39, 0.29) is 11.7 Å². The Morgan fingerprint density at radius 2 is 1.70 bits per heavy atom. The number of fused-ring (bicyclic) bond motifs is 1. The summed E-state index contributed by atoms with van der Waals surface area (Å²) >= 11 is 0. The minimum Gasteiger partial charge on any atom is -0.348 e. The van der Waals surface area contributed by atoms with Crippen LogP contribution in [-0.4, -0.2) is 5.91 Å². The molecule has 23 heavy (non-hydrogen) atoms. The van der Waals surface area contributed by atoms with Crippen molar-refractivity contribution in [3.05, 3.63) is 58.9 Å². The monoisotopic (exact) mass is 309 g/mol. The molecular formula is C20H20FNO. The number of hydrogen-bond donors (Lipinski definition) is 1. The molecule has 0 aromatic heterocycles. The molecule has 1 amide bonds. The zero-order valence-electron chi connectivity index (χ0n) is 13.1. The van der Waals surface area contributed by atoms with Gasteiger partial charge in [-0.25, -0.2) is 4.39 Å². The van der Waals surface area contributed by atoms with Crippen LogP contribution >= 0.6 is 0 Å². The molecule has 1 N–H and O–H groups in total. The second-order valence-electron chi connectivity index (χ2n) is 6.62. The lowest BCUT2D eigenvalue weighted by Gasteiger charge is -2.25. The van der Waals surface area contributed by atoms with Gasteiger partial charge < -0.3 is 5.32 Å². The van der Waals surface area contributed by atoms with Gasteiger partial charge in [-0.15, -0.1) is 0 Å². The van der Waals surface area contributed by atoms with Gasteiger partial charge in [0.1, 0.15) is 5.82 Å². The molecule has 4 rings (SSSR count). The van der Waals surface area contributed by atoms with Crippen LogP contribution in [0.25, 0.3) is 11.1 Å². The Kier molecular flexibility index (Phi) is 3.64. The third kappa shape index (κ3) is 2.65. The van der Waals surface area contributed by atoms with Crippen molar-refractivity contribution in [2.75, 3.05) is 0 Å². The predicted octanol–water partition coefficient (Wildman–Crippen LogP) is 4.78. The van der Waals surface area contributed by atoms with Crippen LogP contribution in [0.2, 0.25) is 0 Å². The minimum atomic E-state index is -0.230. The fourth-order valence-electron chi connectivity index (χ4n) is 3.92. The molecule has 0 atom stereocenters. The maximum atomic E-state index is 13.3. The maximum Gasteiger partial charge on any atom is 0.251 e. The molecule has 1 aliphatic heterocycles. The highest BCUT2D eigenvalue weighted by Crippen LogP contribution is 2.40. The summed E-state index contributed by atoms with van der Waals surface area (Å²) in [7, 11) is 0. The Labute approximate surface area is 135 Å². The summed E-state index contributed by atoms with van der Waals surface area (Å²) in [4.78, 5) is 12.0. The van der Waals surface area contributed by atoms with E-state index < -0.39 is 0 Å². The van der Waals surface area contributed by atoms with E-state index in [4.69, 9.17) is 0 Å². The van der Waals surface area contributed by atoms with E-state index in [2.05, 4.69) is 11.4 Å². The van der Waals surface area contributed by atoms with Crippen molar-refractivity contribution in [1.82, 2.24) is 5.32 Å². The third-order valence-corrected chi connectivity index (χ3v) is 5.16. The highest BCUT2D eigenvalue weighted by atomic mass is 19.1. The van der Waals surface area contributed by atoms with Crippen molar-refractivity contribution < 1.29 is 9.18 Å². The van der Waals surface area contributed by atoms with Gasteiger partial charge in [0.25, 0.3) is 5.91 Å². The van der Waals surface area contributed by atoms with Crippen LogP contribution < -0.4 is 5.32 Å². The Hall–Kier alpha value is -2.16. The molecule has 1 aliphatic carbocycles. The Morgan fingerprint density at radius 1 is 0.957 bits per heavy atom. The normalized spacial score (nSPS) is 17.9. The molecule has 1 fully saturated rings. The Bertz CT molecular complexity index is 745. The topological polar surface area (TPSA) is 29.1 Å². The van der Waals surface area contributed by atoms with Crippen LogP contribution in [0.1, 0.15) is 59.5 Å². The van der Waals surface area contributed by atoms with Gasteiger partial charge in [-0.05, 0) is 59.2 Å². The van der Waals surface area contributed by atoms with Crippen molar-refractivity contribution in [1.29, 1.82) is 0 Å². The first-order chi connectivity index (χ1) is 11.2. The molecule has 0 radical (unpaired) electrons. The molecule has 2 aromatic carbocycles. The van der Waals surface area contributed by atoms with Gasteiger partial charge in [0, 0.05) is 12.1 Å². The average molecular weight is 309 g/mol. The molecule has 1 heterocycles. The standard InChI is InChI=1S/C20H20FNO/c21-16-8-6-14(7-9-16)18-11-19-15(12-22-20(19)23)10-17(18)13-4-2-1-3-5-13/h6-11,13H,1-5,12H2,(H,22,23). The summed E-state index contributed by atoms with van der Waals surface area (Å²) in [6.07, 6.45) is 6.25. The average Bonchev–Trinajstić information content (AvgIpc) is 2.96. The molecule has 1 saturated carbocycles. The molecule has 2 nitrogen and oxygen atoms in total. The summed E-state index contributed by atoms with van der Waals surface area (Å²) in [6, 6.07) is 10.8. The fraction of sp³-hybridized carbons (Fsp3) is 0.350. The quantitative estimate of drug-likeness (QED) is 0.849. The molecule has 3 heteroatoms. The van der Waals surface area contributed by atoms with Crippen LogP contribution in [0.3, 0.4) is 0 Å². The molecule has 0 unspecified atom stereocenters. The second-order valence-corrected chi connectivity index (χ2v) is 6.62. The molecule has 118 valence electrons. The molecule has 0 spiro atoms. The summed E-state index contributed by atoms with van der Waals surface area (Å²) in [5.74, 6) is 0.315. The molecule has 2 aliphatic rings. The van der Waals surface area contributed by atoms with Gasteiger partial charge >= 0.3 is 0 Å². The van der Waals surface area contributed by atoms with E-state index in [0.717, 1.165) is 22.3 Å².